The highest BCUT2D eigenvalue weighted by Crippen LogP contribution is 2.14. The van der Waals surface area contributed by atoms with Crippen molar-refractivity contribution < 1.29 is 28.6 Å². The molecule has 0 aromatic carbocycles. The Morgan fingerprint density at radius 2 is 0.635 bits per heavy atom. The quantitative estimate of drug-likeness (QED) is 0.0262. The van der Waals surface area contributed by atoms with Gasteiger partial charge in [-0.05, 0) is 89.9 Å². The minimum Gasteiger partial charge on any atom is -0.462 e. The van der Waals surface area contributed by atoms with Crippen molar-refractivity contribution in [1.29, 1.82) is 0 Å². The normalized spacial score (nSPS) is 12.7. The molecule has 0 saturated carbocycles. The number of carbonyl (C=O) groups is 3. The molecule has 0 bridgehead atoms. The number of rotatable bonds is 46. The fourth-order valence-corrected chi connectivity index (χ4v) is 6.98. The van der Waals surface area contributed by atoms with E-state index in [2.05, 4.69) is 106 Å². The van der Waals surface area contributed by atoms with Crippen molar-refractivity contribution in [3.05, 3.63) is 85.1 Å². The Balaban J connectivity index is 4.51. The van der Waals surface area contributed by atoms with Gasteiger partial charge >= 0.3 is 17.9 Å². The molecule has 6 heteroatoms. The number of hydrogen-bond donors (Lipinski definition) is 0. The Morgan fingerprint density at radius 3 is 1.05 bits per heavy atom. The van der Waals surface area contributed by atoms with Gasteiger partial charge in [-0.15, -0.1) is 0 Å². The molecule has 0 fully saturated rings. The third kappa shape index (κ3) is 49.5. The molecule has 0 heterocycles. The summed E-state index contributed by atoms with van der Waals surface area (Å²) in [4.78, 5) is 37.9. The summed E-state index contributed by atoms with van der Waals surface area (Å²) in [6.07, 6.45) is 65.7. The van der Waals surface area contributed by atoms with Gasteiger partial charge in [0.25, 0.3) is 0 Å². The summed E-state index contributed by atoms with van der Waals surface area (Å²) >= 11 is 0. The molecule has 0 radical (unpaired) electrons. The fraction of sp³-hybridized carbons (Fsp3) is 0.702. The molecule has 0 aliphatic carbocycles. The average Bonchev–Trinajstić information content (AvgIpc) is 3.28. The van der Waals surface area contributed by atoms with Gasteiger partial charge in [0, 0.05) is 19.3 Å². The van der Waals surface area contributed by atoms with Crippen LogP contribution in [0.4, 0.5) is 0 Å². The van der Waals surface area contributed by atoms with Crippen LogP contribution in [-0.4, -0.2) is 37.2 Å². The molecule has 0 aliphatic heterocycles. The van der Waals surface area contributed by atoms with Crippen LogP contribution in [0.5, 0.6) is 0 Å². The second kappa shape index (κ2) is 51.2. The third-order valence-electron chi connectivity index (χ3n) is 10.9. The van der Waals surface area contributed by atoms with Crippen molar-refractivity contribution in [2.75, 3.05) is 13.2 Å². The predicted molar refractivity (Wildman–Crippen MR) is 270 cm³/mol. The van der Waals surface area contributed by atoms with E-state index in [0.29, 0.717) is 12.8 Å². The summed E-state index contributed by atoms with van der Waals surface area (Å²) in [6.45, 7) is 6.44. The minimum absolute atomic E-state index is 0.104. The van der Waals surface area contributed by atoms with Crippen LogP contribution in [0, 0.1) is 0 Å². The molecule has 63 heavy (non-hydrogen) atoms. The first-order valence-electron chi connectivity index (χ1n) is 26.1. The first kappa shape index (κ1) is 59.6. The van der Waals surface area contributed by atoms with E-state index in [4.69, 9.17) is 14.2 Å². The molecule has 0 rings (SSSR count). The third-order valence-corrected chi connectivity index (χ3v) is 10.9. The topological polar surface area (TPSA) is 78.9 Å². The zero-order valence-electron chi connectivity index (χ0n) is 41.1. The number of ether oxygens (including phenoxy) is 3. The lowest BCUT2D eigenvalue weighted by Gasteiger charge is -2.18. The molecule has 0 spiro atoms. The summed E-state index contributed by atoms with van der Waals surface area (Å²) in [5.74, 6) is -0.991. The van der Waals surface area contributed by atoms with E-state index >= 15 is 0 Å². The van der Waals surface area contributed by atoms with Crippen LogP contribution in [0.1, 0.15) is 239 Å². The van der Waals surface area contributed by atoms with Crippen molar-refractivity contribution in [1.82, 2.24) is 0 Å². The van der Waals surface area contributed by atoms with Crippen LogP contribution in [-0.2, 0) is 28.6 Å². The molecule has 360 valence electrons. The van der Waals surface area contributed by atoms with Gasteiger partial charge in [-0.3, -0.25) is 14.4 Å². The average molecular weight is 877 g/mol. The van der Waals surface area contributed by atoms with E-state index in [-0.39, 0.29) is 44.0 Å². The monoisotopic (exact) mass is 877 g/mol. The van der Waals surface area contributed by atoms with Gasteiger partial charge in [-0.2, -0.15) is 0 Å². The van der Waals surface area contributed by atoms with Gasteiger partial charge in [-0.1, -0.05) is 215 Å². The van der Waals surface area contributed by atoms with Gasteiger partial charge in [0.1, 0.15) is 13.2 Å². The maximum Gasteiger partial charge on any atom is 0.306 e. The second-order valence-electron chi connectivity index (χ2n) is 17.1. The molecule has 0 saturated heterocycles. The van der Waals surface area contributed by atoms with Crippen molar-refractivity contribution in [2.45, 2.75) is 245 Å². The maximum atomic E-state index is 12.8. The maximum absolute atomic E-state index is 12.8. The largest absolute Gasteiger partial charge is 0.462 e. The fourth-order valence-electron chi connectivity index (χ4n) is 6.98. The van der Waals surface area contributed by atoms with Gasteiger partial charge < -0.3 is 14.2 Å². The molecular formula is C57H96O6. The number of allylic oxidation sites excluding steroid dienone is 14. The second-order valence-corrected chi connectivity index (χ2v) is 17.1. The Bertz CT molecular complexity index is 1240. The van der Waals surface area contributed by atoms with Crippen molar-refractivity contribution in [2.24, 2.45) is 0 Å². The van der Waals surface area contributed by atoms with Gasteiger partial charge in [-0.25, -0.2) is 0 Å². The van der Waals surface area contributed by atoms with E-state index < -0.39 is 6.10 Å². The van der Waals surface area contributed by atoms with Crippen LogP contribution < -0.4 is 0 Å². The Labute approximate surface area is 388 Å². The molecule has 1 atom stereocenters. The highest BCUT2D eigenvalue weighted by molar-refractivity contribution is 5.71. The van der Waals surface area contributed by atoms with Gasteiger partial charge in [0.05, 0.1) is 0 Å². The molecule has 0 aliphatic rings. The lowest BCUT2D eigenvalue weighted by Crippen LogP contribution is -2.30. The van der Waals surface area contributed by atoms with Crippen LogP contribution in [0.15, 0.2) is 85.1 Å². The molecule has 6 nitrogen and oxygen atoms in total. The lowest BCUT2D eigenvalue weighted by atomic mass is 10.0. The molecule has 0 aromatic rings. The number of unbranched alkanes of at least 4 members (excludes halogenated alkanes) is 21. The van der Waals surface area contributed by atoms with E-state index in [1.54, 1.807) is 0 Å². The molecule has 0 aromatic heterocycles. The number of esters is 3. The van der Waals surface area contributed by atoms with Crippen molar-refractivity contribution >= 4 is 17.9 Å². The molecular weight excluding hydrogens is 781 g/mol. The summed E-state index contributed by atoms with van der Waals surface area (Å²) in [5, 5.41) is 0. The smallest absolute Gasteiger partial charge is 0.306 e. The number of hydrogen-bond acceptors (Lipinski definition) is 6. The summed E-state index contributed by atoms with van der Waals surface area (Å²) in [7, 11) is 0. The predicted octanol–water partition coefficient (Wildman–Crippen LogP) is 17.2. The molecule has 0 amide bonds. The van der Waals surface area contributed by atoms with Crippen LogP contribution in [0.3, 0.4) is 0 Å². The Kier molecular flexibility index (Phi) is 48.5. The van der Waals surface area contributed by atoms with Crippen LogP contribution >= 0.6 is 0 Å². The van der Waals surface area contributed by atoms with Crippen LogP contribution in [0.25, 0.3) is 0 Å². The van der Waals surface area contributed by atoms with E-state index in [9.17, 15) is 14.4 Å². The lowest BCUT2D eigenvalue weighted by molar-refractivity contribution is -0.167. The zero-order chi connectivity index (χ0) is 45.8. The first-order valence-corrected chi connectivity index (χ1v) is 26.1. The molecule has 1 unspecified atom stereocenters. The summed E-state index contributed by atoms with van der Waals surface area (Å²) in [5.41, 5.74) is 0. The van der Waals surface area contributed by atoms with Crippen molar-refractivity contribution in [3.8, 4) is 0 Å². The zero-order valence-corrected chi connectivity index (χ0v) is 41.1. The van der Waals surface area contributed by atoms with Gasteiger partial charge in [0.15, 0.2) is 6.10 Å². The van der Waals surface area contributed by atoms with Crippen molar-refractivity contribution in [3.63, 3.8) is 0 Å². The number of carbonyl (C=O) groups excluding carboxylic acids is 3. The summed E-state index contributed by atoms with van der Waals surface area (Å²) in [6, 6.07) is 0. The van der Waals surface area contributed by atoms with E-state index in [1.807, 2.05) is 0 Å². The minimum atomic E-state index is -0.811. The van der Waals surface area contributed by atoms with E-state index in [1.165, 1.54) is 103 Å². The van der Waals surface area contributed by atoms with Gasteiger partial charge in [0.2, 0.25) is 0 Å². The van der Waals surface area contributed by atoms with Crippen LogP contribution in [0.2, 0.25) is 0 Å². The highest BCUT2D eigenvalue weighted by atomic mass is 16.6. The first-order chi connectivity index (χ1) is 31.0. The standard InChI is InChI=1S/C57H96O6/c1-4-7-10-13-16-19-22-25-27-29-31-32-35-38-41-44-47-50-56(59)62-53-54(52-61-55(58)49-46-43-40-37-34-24-21-18-15-12-9-6-3)63-57(60)51-48-45-42-39-36-33-30-28-26-23-20-17-14-11-8-5-2/h8,11,17,20,25-28,31-33,36,38,41,54H,4-7,9-10,12-16,18-19,21-24,29-30,34-35,37,39-40,42-53H2,1-3H3/b11-8-,20-17-,27-25-,28-26-,32-31-,36-33-,41-38-. The highest BCUT2D eigenvalue weighted by Gasteiger charge is 2.19. The van der Waals surface area contributed by atoms with E-state index in [0.717, 1.165) is 89.9 Å². The molecule has 0 N–H and O–H groups in total. The SMILES string of the molecule is CC/C=C\C/C=C\C/C=C\C/C=C\CCCCCC(=O)OC(COC(=O)CCC/C=C\C/C=C\C/C=C\CCCCCCCC)COC(=O)CCCCCCCCCCCCCC. The Hall–Kier alpha value is -3.41. The Morgan fingerprint density at radius 1 is 0.333 bits per heavy atom. The summed E-state index contributed by atoms with van der Waals surface area (Å²) < 4.78 is 16.7.